The second-order valence-electron chi connectivity index (χ2n) is 6.35. The molecule has 3 nitrogen and oxygen atoms in total. The van der Waals surface area contributed by atoms with E-state index < -0.39 is 0 Å². The van der Waals surface area contributed by atoms with Crippen LogP contribution in [-0.2, 0) is 6.42 Å². The van der Waals surface area contributed by atoms with E-state index in [-0.39, 0.29) is 11.9 Å². The molecule has 2 aliphatic rings. The van der Waals surface area contributed by atoms with Gasteiger partial charge in [0.05, 0.1) is 0 Å². The zero-order valence-corrected chi connectivity index (χ0v) is 12.1. The molecule has 0 amide bonds. The van der Waals surface area contributed by atoms with Crippen LogP contribution >= 0.6 is 0 Å². The molecule has 3 unspecified atom stereocenters. The number of nitrogens with one attached hydrogen (secondary N) is 1. The molecule has 3 N–H and O–H groups in total. The first-order valence-corrected chi connectivity index (χ1v) is 7.60. The zero-order chi connectivity index (χ0) is 14.1. The molecule has 3 atom stereocenters. The van der Waals surface area contributed by atoms with Gasteiger partial charge in [0.1, 0.15) is 5.82 Å². The molecular weight excluding hydrogens is 253 g/mol. The summed E-state index contributed by atoms with van der Waals surface area (Å²) in [6, 6.07) is 8.57. The van der Waals surface area contributed by atoms with E-state index in [1.54, 1.807) is 6.07 Å². The number of benzene rings is 1. The van der Waals surface area contributed by atoms with E-state index in [2.05, 4.69) is 17.4 Å². The number of hydrazine groups is 1. The van der Waals surface area contributed by atoms with Crippen molar-refractivity contribution in [2.45, 2.75) is 50.2 Å². The predicted octanol–water partition coefficient (Wildman–Crippen LogP) is 2.07. The van der Waals surface area contributed by atoms with Gasteiger partial charge in [-0.2, -0.15) is 0 Å². The lowest BCUT2D eigenvalue weighted by Crippen LogP contribution is -2.49. The van der Waals surface area contributed by atoms with Crippen LogP contribution in [0.2, 0.25) is 0 Å². The Kier molecular flexibility index (Phi) is 4.06. The average Bonchev–Trinajstić information content (AvgIpc) is 2.67. The number of halogens is 1. The normalized spacial score (nSPS) is 31.4. The van der Waals surface area contributed by atoms with Crippen LogP contribution in [-0.4, -0.2) is 30.1 Å². The Hall–Kier alpha value is -0.970. The maximum atomic E-state index is 13.8. The summed E-state index contributed by atoms with van der Waals surface area (Å²) >= 11 is 0. The van der Waals surface area contributed by atoms with E-state index in [0.29, 0.717) is 24.4 Å². The van der Waals surface area contributed by atoms with Crippen LogP contribution in [0.3, 0.4) is 0 Å². The van der Waals surface area contributed by atoms with Gasteiger partial charge in [-0.1, -0.05) is 18.2 Å². The molecule has 0 saturated carbocycles. The number of rotatable bonds is 4. The smallest absolute Gasteiger partial charge is 0.126 e. The van der Waals surface area contributed by atoms with Crippen molar-refractivity contribution in [3.05, 3.63) is 35.6 Å². The summed E-state index contributed by atoms with van der Waals surface area (Å²) in [5.41, 5.74) is 3.71. The third kappa shape index (κ3) is 2.60. The largest absolute Gasteiger partial charge is 0.300 e. The number of hydrogen-bond acceptors (Lipinski definition) is 3. The Bertz CT molecular complexity index is 451. The summed E-state index contributed by atoms with van der Waals surface area (Å²) < 4.78 is 13.8. The van der Waals surface area contributed by atoms with Crippen LogP contribution in [0, 0.1) is 11.7 Å². The molecule has 4 heteroatoms. The molecule has 1 aromatic rings. The van der Waals surface area contributed by atoms with Crippen LogP contribution in [0.25, 0.3) is 0 Å². The maximum absolute atomic E-state index is 13.8. The molecule has 2 saturated heterocycles. The van der Waals surface area contributed by atoms with Crippen molar-refractivity contribution >= 4 is 0 Å². The van der Waals surface area contributed by atoms with E-state index in [9.17, 15) is 4.39 Å². The molecule has 3 rings (SSSR count). The summed E-state index contributed by atoms with van der Waals surface area (Å²) in [5, 5.41) is 0. The van der Waals surface area contributed by atoms with E-state index in [1.165, 1.54) is 31.7 Å². The third-order valence-corrected chi connectivity index (χ3v) is 5.32. The fourth-order valence-electron chi connectivity index (χ4n) is 4.04. The second kappa shape index (κ2) is 5.80. The van der Waals surface area contributed by atoms with Gasteiger partial charge >= 0.3 is 0 Å². The zero-order valence-electron chi connectivity index (χ0n) is 12.1. The minimum absolute atomic E-state index is 0.122. The van der Waals surface area contributed by atoms with Gasteiger partial charge in [-0.3, -0.25) is 11.3 Å². The van der Waals surface area contributed by atoms with Gasteiger partial charge in [0.2, 0.25) is 0 Å². The molecule has 110 valence electrons. The Labute approximate surface area is 120 Å². The molecule has 0 spiro atoms. The standard InChI is InChI=1S/C16H24FN3/c1-20-13-6-7-14(20)9-12(8-13)16(19-18)10-11-4-2-3-5-15(11)17/h2-5,12-14,16,19H,6-10,18H2,1H3. The third-order valence-electron chi connectivity index (χ3n) is 5.32. The van der Waals surface area contributed by atoms with Gasteiger partial charge < -0.3 is 4.90 Å². The highest BCUT2D eigenvalue weighted by Crippen LogP contribution is 2.39. The van der Waals surface area contributed by atoms with E-state index in [0.717, 1.165) is 5.56 Å². The number of hydrogen-bond donors (Lipinski definition) is 2. The van der Waals surface area contributed by atoms with Gasteiger partial charge in [-0.15, -0.1) is 0 Å². The monoisotopic (exact) mass is 277 g/mol. The lowest BCUT2D eigenvalue weighted by Gasteiger charge is -2.39. The molecule has 2 bridgehead atoms. The Balaban J connectivity index is 1.70. The molecule has 2 fully saturated rings. The fourth-order valence-corrected chi connectivity index (χ4v) is 4.04. The van der Waals surface area contributed by atoms with Crippen molar-refractivity contribution in [2.24, 2.45) is 11.8 Å². The number of fused-ring (bicyclic) bond motifs is 2. The minimum atomic E-state index is -0.122. The quantitative estimate of drug-likeness (QED) is 0.654. The first kappa shape index (κ1) is 14.0. The maximum Gasteiger partial charge on any atom is 0.126 e. The number of nitrogens with zero attached hydrogens (tertiary/aromatic N) is 1. The minimum Gasteiger partial charge on any atom is -0.300 e. The van der Waals surface area contributed by atoms with Crippen LogP contribution in [0.1, 0.15) is 31.2 Å². The molecule has 0 aromatic heterocycles. The molecule has 0 aliphatic carbocycles. The molecule has 2 heterocycles. The average molecular weight is 277 g/mol. The first-order chi connectivity index (χ1) is 9.69. The van der Waals surface area contributed by atoms with E-state index >= 15 is 0 Å². The molecule has 0 radical (unpaired) electrons. The van der Waals surface area contributed by atoms with Crippen molar-refractivity contribution in [1.29, 1.82) is 0 Å². The highest BCUT2D eigenvalue weighted by molar-refractivity contribution is 5.19. The predicted molar refractivity (Wildman–Crippen MR) is 78.5 cm³/mol. The Morgan fingerprint density at radius 1 is 1.30 bits per heavy atom. The Morgan fingerprint density at radius 3 is 2.55 bits per heavy atom. The summed E-state index contributed by atoms with van der Waals surface area (Å²) in [5.74, 6) is 6.19. The van der Waals surface area contributed by atoms with E-state index in [1.807, 2.05) is 12.1 Å². The van der Waals surface area contributed by atoms with Crippen molar-refractivity contribution in [2.75, 3.05) is 7.05 Å². The van der Waals surface area contributed by atoms with Gasteiger partial charge in [-0.25, -0.2) is 4.39 Å². The van der Waals surface area contributed by atoms with E-state index in [4.69, 9.17) is 5.84 Å². The molecule has 2 aliphatic heterocycles. The van der Waals surface area contributed by atoms with Crippen LogP contribution in [0.5, 0.6) is 0 Å². The fraction of sp³-hybridized carbons (Fsp3) is 0.625. The van der Waals surface area contributed by atoms with Crippen molar-refractivity contribution in [3.63, 3.8) is 0 Å². The summed E-state index contributed by atoms with van der Waals surface area (Å²) in [4.78, 5) is 2.52. The lowest BCUT2D eigenvalue weighted by molar-refractivity contribution is 0.112. The number of nitrogens with two attached hydrogens (primary N) is 1. The van der Waals surface area contributed by atoms with Crippen molar-refractivity contribution < 1.29 is 4.39 Å². The van der Waals surface area contributed by atoms with Gasteiger partial charge in [0, 0.05) is 18.1 Å². The molecular formula is C16H24FN3. The van der Waals surface area contributed by atoms with Crippen molar-refractivity contribution in [1.82, 2.24) is 10.3 Å². The highest BCUT2D eigenvalue weighted by Gasteiger charge is 2.40. The van der Waals surface area contributed by atoms with Gasteiger partial charge in [-0.05, 0) is 56.7 Å². The van der Waals surface area contributed by atoms with Crippen LogP contribution in [0.4, 0.5) is 4.39 Å². The topological polar surface area (TPSA) is 41.3 Å². The summed E-state index contributed by atoms with van der Waals surface area (Å²) in [7, 11) is 2.24. The molecule has 20 heavy (non-hydrogen) atoms. The van der Waals surface area contributed by atoms with Crippen LogP contribution < -0.4 is 11.3 Å². The summed E-state index contributed by atoms with van der Waals surface area (Å²) in [6.07, 6.45) is 5.63. The van der Waals surface area contributed by atoms with Crippen LogP contribution in [0.15, 0.2) is 24.3 Å². The SMILES string of the molecule is CN1C2CCC1CC(C(Cc1ccccc1F)NN)C2. The molecule has 1 aromatic carbocycles. The first-order valence-electron chi connectivity index (χ1n) is 7.60. The highest BCUT2D eigenvalue weighted by atomic mass is 19.1. The van der Waals surface area contributed by atoms with Gasteiger partial charge in [0.15, 0.2) is 0 Å². The number of piperidine rings is 1. The second-order valence-corrected chi connectivity index (χ2v) is 6.35. The van der Waals surface area contributed by atoms with Gasteiger partial charge in [0.25, 0.3) is 0 Å². The van der Waals surface area contributed by atoms with Crippen molar-refractivity contribution in [3.8, 4) is 0 Å². The summed E-state index contributed by atoms with van der Waals surface area (Å²) in [6.45, 7) is 0. The Morgan fingerprint density at radius 2 is 1.95 bits per heavy atom. The lowest BCUT2D eigenvalue weighted by atomic mass is 9.83.